The lowest BCUT2D eigenvalue weighted by molar-refractivity contribution is -0.118. The van der Waals surface area contributed by atoms with E-state index < -0.39 is 5.91 Å². The molecule has 8 heteroatoms. The highest BCUT2D eigenvalue weighted by Crippen LogP contribution is 2.33. The van der Waals surface area contributed by atoms with E-state index in [9.17, 15) is 9.59 Å². The summed E-state index contributed by atoms with van der Waals surface area (Å²) >= 11 is 17.7. The number of hydrogen-bond acceptors (Lipinski definition) is 3. The molecule has 0 aliphatic carbocycles. The van der Waals surface area contributed by atoms with Crippen LogP contribution in [-0.2, 0) is 4.79 Å². The summed E-state index contributed by atoms with van der Waals surface area (Å²) in [5.74, 6) is -0.366. The maximum absolute atomic E-state index is 12.0. The van der Waals surface area contributed by atoms with Crippen molar-refractivity contribution in [3.63, 3.8) is 0 Å². The van der Waals surface area contributed by atoms with Crippen LogP contribution in [0.15, 0.2) is 36.4 Å². The SMILES string of the molecule is CCNC(=O)c1cccc(NC(=O)COc2cc(Cl)c(Cl)cc2Cl)c1. The highest BCUT2D eigenvalue weighted by atomic mass is 35.5. The summed E-state index contributed by atoms with van der Waals surface area (Å²) in [6.07, 6.45) is 0. The van der Waals surface area contributed by atoms with Crippen molar-refractivity contribution >= 4 is 52.3 Å². The van der Waals surface area contributed by atoms with Crippen LogP contribution in [0.3, 0.4) is 0 Å². The van der Waals surface area contributed by atoms with E-state index in [1.807, 2.05) is 6.92 Å². The lowest BCUT2D eigenvalue weighted by Crippen LogP contribution is -2.23. The number of carbonyl (C=O) groups is 2. The Morgan fingerprint density at radius 2 is 1.76 bits per heavy atom. The summed E-state index contributed by atoms with van der Waals surface area (Å²) in [7, 11) is 0. The monoisotopic (exact) mass is 400 g/mol. The van der Waals surface area contributed by atoms with Gasteiger partial charge in [-0.3, -0.25) is 9.59 Å². The van der Waals surface area contributed by atoms with E-state index in [2.05, 4.69) is 10.6 Å². The quantitative estimate of drug-likeness (QED) is 0.704. The molecule has 0 spiro atoms. The molecule has 0 aliphatic rings. The predicted octanol–water partition coefficient (Wildman–Crippen LogP) is 4.41. The molecule has 0 unspecified atom stereocenters. The second kappa shape index (κ2) is 8.94. The zero-order valence-electron chi connectivity index (χ0n) is 13.2. The molecule has 2 amide bonds. The van der Waals surface area contributed by atoms with Crippen molar-refractivity contribution < 1.29 is 14.3 Å². The van der Waals surface area contributed by atoms with Crippen LogP contribution in [-0.4, -0.2) is 25.0 Å². The zero-order chi connectivity index (χ0) is 18.4. The van der Waals surface area contributed by atoms with Crippen LogP contribution < -0.4 is 15.4 Å². The van der Waals surface area contributed by atoms with E-state index in [1.54, 1.807) is 24.3 Å². The van der Waals surface area contributed by atoms with Crippen LogP contribution >= 0.6 is 34.8 Å². The minimum Gasteiger partial charge on any atom is -0.482 e. The van der Waals surface area contributed by atoms with Gasteiger partial charge in [-0.05, 0) is 31.2 Å². The molecule has 2 N–H and O–H groups in total. The second-order valence-corrected chi connectivity index (χ2v) is 6.20. The average molecular weight is 402 g/mol. The molecule has 2 aromatic carbocycles. The first-order valence-corrected chi connectivity index (χ1v) is 8.49. The molecule has 0 heterocycles. The molecule has 2 rings (SSSR count). The molecule has 0 atom stereocenters. The summed E-state index contributed by atoms with van der Waals surface area (Å²) in [5, 5.41) is 6.16. The van der Waals surface area contributed by atoms with Crippen molar-refractivity contribution in [2.24, 2.45) is 0 Å². The summed E-state index contributed by atoms with van der Waals surface area (Å²) in [6, 6.07) is 9.47. The van der Waals surface area contributed by atoms with E-state index >= 15 is 0 Å². The Hall–Kier alpha value is -1.95. The first kappa shape index (κ1) is 19.4. The number of carbonyl (C=O) groups excluding carboxylic acids is 2. The molecule has 132 valence electrons. The van der Waals surface area contributed by atoms with Gasteiger partial charge in [0.2, 0.25) is 0 Å². The molecule has 0 aliphatic heterocycles. The number of anilines is 1. The summed E-state index contributed by atoms with van der Waals surface area (Å²) in [4.78, 5) is 23.8. The topological polar surface area (TPSA) is 67.4 Å². The summed E-state index contributed by atoms with van der Waals surface area (Å²) in [6.45, 7) is 2.08. The van der Waals surface area contributed by atoms with Gasteiger partial charge in [-0.2, -0.15) is 0 Å². The van der Waals surface area contributed by atoms with E-state index in [4.69, 9.17) is 39.5 Å². The summed E-state index contributed by atoms with van der Waals surface area (Å²) in [5.41, 5.74) is 0.936. The fraction of sp³-hybridized carbons (Fsp3) is 0.176. The van der Waals surface area contributed by atoms with Crippen molar-refractivity contribution in [3.05, 3.63) is 57.0 Å². The number of halogens is 3. The Morgan fingerprint density at radius 3 is 2.48 bits per heavy atom. The van der Waals surface area contributed by atoms with Crippen LogP contribution in [0.4, 0.5) is 5.69 Å². The van der Waals surface area contributed by atoms with Gasteiger partial charge in [0.25, 0.3) is 11.8 Å². The molecular weight excluding hydrogens is 387 g/mol. The fourth-order valence-corrected chi connectivity index (χ4v) is 2.55. The standard InChI is InChI=1S/C17H15Cl3N2O3/c1-2-21-17(24)10-4-3-5-11(6-10)22-16(23)9-25-15-8-13(19)12(18)7-14(15)20/h3-8H,2,9H2,1H3,(H,21,24)(H,22,23). The van der Waals surface area contributed by atoms with Gasteiger partial charge in [0.05, 0.1) is 15.1 Å². The Bertz CT molecular complexity index is 797. The largest absolute Gasteiger partial charge is 0.482 e. The van der Waals surface area contributed by atoms with Crippen LogP contribution in [0.1, 0.15) is 17.3 Å². The van der Waals surface area contributed by atoms with Gasteiger partial charge in [-0.25, -0.2) is 0 Å². The van der Waals surface area contributed by atoms with Crippen LogP contribution in [0.5, 0.6) is 5.75 Å². The van der Waals surface area contributed by atoms with Gasteiger partial charge in [0.15, 0.2) is 6.61 Å². The first-order valence-electron chi connectivity index (χ1n) is 7.36. The molecule has 0 fully saturated rings. The first-order chi connectivity index (χ1) is 11.9. The third-order valence-corrected chi connectivity index (χ3v) is 4.10. The van der Waals surface area contributed by atoms with Gasteiger partial charge in [-0.1, -0.05) is 40.9 Å². The normalized spacial score (nSPS) is 10.2. The van der Waals surface area contributed by atoms with Gasteiger partial charge >= 0.3 is 0 Å². The second-order valence-electron chi connectivity index (χ2n) is 4.97. The van der Waals surface area contributed by atoms with Crippen molar-refractivity contribution in [2.45, 2.75) is 6.92 Å². The average Bonchev–Trinajstić information content (AvgIpc) is 2.57. The maximum atomic E-state index is 12.0. The lowest BCUT2D eigenvalue weighted by Gasteiger charge is -2.10. The number of nitrogens with one attached hydrogen (secondary N) is 2. The zero-order valence-corrected chi connectivity index (χ0v) is 15.5. The Labute approximate surface area is 160 Å². The molecule has 0 saturated heterocycles. The van der Waals surface area contributed by atoms with Crippen LogP contribution in [0.2, 0.25) is 15.1 Å². The highest BCUT2D eigenvalue weighted by molar-refractivity contribution is 6.43. The number of rotatable bonds is 6. The number of ether oxygens (including phenoxy) is 1. The van der Waals surface area contributed by atoms with Crippen LogP contribution in [0, 0.1) is 0 Å². The molecule has 0 saturated carbocycles. The lowest BCUT2D eigenvalue weighted by atomic mass is 10.2. The summed E-state index contributed by atoms with van der Waals surface area (Å²) < 4.78 is 5.36. The van der Waals surface area contributed by atoms with Crippen molar-refractivity contribution in [3.8, 4) is 5.75 Å². The minimum absolute atomic E-state index is 0.211. The van der Waals surface area contributed by atoms with Gasteiger partial charge in [-0.15, -0.1) is 0 Å². The van der Waals surface area contributed by atoms with Gasteiger partial charge in [0, 0.05) is 23.9 Å². The fourth-order valence-electron chi connectivity index (χ4n) is 1.96. The smallest absolute Gasteiger partial charge is 0.262 e. The maximum Gasteiger partial charge on any atom is 0.262 e. The molecular formula is C17H15Cl3N2O3. The van der Waals surface area contributed by atoms with Crippen molar-refractivity contribution in [1.82, 2.24) is 5.32 Å². The number of hydrogen-bond donors (Lipinski definition) is 2. The van der Waals surface area contributed by atoms with Crippen molar-refractivity contribution in [2.75, 3.05) is 18.5 Å². The Kier molecular flexibility index (Phi) is 6.93. The molecule has 5 nitrogen and oxygen atoms in total. The molecule has 0 aromatic heterocycles. The van der Waals surface area contributed by atoms with Gasteiger partial charge < -0.3 is 15.4 Å². The Balaban J connectivity index is 1.98. The number of benzene rings is 2. The molecule has 25 heavy (non-hydrogen) atoms. The number of amides is 2. The van der Waals surface area contributed by atoms with Crippen LogP contribution in [0.25, 0.3) is 0 Å². The predicted molar refractivity (Wildman–Crippen MR) is 100 cm³/mol. The van der Waals surface area contributed by atoms with E-state index in [0.717, 1.165) is 0 Å². The molecule has 0 radical (unpaired) electrons. The highest BCUT2D eigenvalue weighted by Gasteiger charge is 2.11. The van der Waals surface area contributed by atoms with E-state index in [-0.39, 0.29) is 28.3 Å². The van der Waals surface area contributed by atoms with E-state index in [0.29, 0.717) is 22.8 Å². The third-order valence-electron chi connectivity index (χ3n) is 3.08. The third kappa shape index (κ3) is 5.53. The Morgan fingerprint density at radius 1 is 1.04 bits per heavy atom. The van der Waals surface area contributed by atoms with E-state index in [1.165, 1.54) is 12.1 Å². The van der Waals surface area contributed by atoms with Crippen molar-refractivity contribution in [1.29, 1.82) is 0 Å². The molecule has 2 aromatic rings. The minimum atomic E-state index is -0.407. The van der Waals surface area contributed by atoms with Gasteiger partial charge in [0.1, 0.15) is 5.75 Å². The molecule has 0 bridgehead atoms.